The van der Waals surface area contributed by atoms with Crippen molar-refractivity contribution in [3.05, 3.63) is 53.3 Å². The van der Waals surface area contributed by atoms with Crippen molar-refractivity contribution < 1.29 is 9.53 Å². The summed E-state index contributed by atoms with van der Waals surface area (Å²) in [4.78, 5) is 13.7. The molecule has 17 heavy (non-hydrogen) atoms. The molecule has 1 N–H and O–H groups in total. The van der Waals surface area contributed by atoms with Crippen molar-refractivity contribution in [2.45, 2.75) is 0 Å². The molecule has 0 aliphatic heterocycles. The maximum Gasteiger partial charge on any atom is 0.170 e. The van der Waals surface area contributed by atoms with Crippen LogP contribution in [0, 0.1) is 0 Å². The van der Waals surface area contributed by atoms with Gasteiger partial charge in [0, 0.05) is 11.8 Å². The number of hydrogen-bond donors (Lipinski definition) is 1. The lowest BCUT2D eigenvalue weighted by molar-refractivity contribution is 0.111. The van der Waals surface area contributed by atoms with Crippen LogP contribution in [-0.2, 0) is 0 Å². The van der Waals surface area contributed by atoms with Crippen LogP contribution < -0.4 is 4.74 Å². The summed E-state index contributed by atoms with van der Waals surface area (Å²) in [5.74, 6) is 0.563. The Morgan fingerprint density at radius 2 is 1.94 bits per heavy atom. The highest BCUT2D eigenvalue weighted by atomic mass is 16.5. The highest BCUT2D eigenvalue weighted by Crippen LogP contribution is 2.19. The van der Waals surface area contributed by atoms with Crippen molar-refractivity contribution >= 4 is 18.4 Å². The largest absolute Gasteiger partial charge is 0.494 e. The van der Waals surface area contributed by atoms with Gasteiger partial charge in [0.05, 0.1) is 7.11 Å². The second-order valence-electron chi connectivity index (χ2n) is 3.57. The van der Waals surface area contributed by atoms with E-state index in [1.54, 1.807) is 13.2 Å². The van der Waals surface area contributed by atoms with Gasteiger partial charge in [-0.3, -0.25) is 4.79 Å². The van der Waals surface area contributed by atoms with Crippen LogP contribution in [0.3, 0.4) is 0 Å². The van der Waals surface area contributed by atoms with Gasteiger partial charge >= 0.3 is 0 Å². The summed E-state index contributed by atoms with van der Waals surface area (Å²) >= 11 is 0. The third-order valence-electron chi connectivity index (χ3n) is 2.42. The van der Waals surface area contributed by atoms with E-state index < -0.39 is 0 Å². The molecule has 0 atom stereocenters. The van der Waals surface area contributed by atoms with Crippen LogP contribution in [0.5, 0.6) is 5.75 Å². The molecule has 0 saturated carbocycles. The summed E-state index contributed by atoms with van der Waals surface area (Å²) in [6.45, 7) is 0. The molecule has 3 nitrogen and oxygen atoms in total. The Labute approximate surface area is 99.7 Å². The third kappa shape index (κ3) is 2.64. The molecule has 0 aliphatic rings. The molecule has 0 bridgehead atoms. The Morgan fingerprint density at radius 1 is 1.18 bits per heavy atom. The van der Waals surface area contributed by atoms with Crippen molar-refractivity contribution in [3.63, 3.8) is 0 Å². The molecular formula is C14H13NO2. The molecule has 0 spiro atoms. The highest BCUT2D eigenvalue weighted by Gasteiger charge is 2.04. The lowest BCUT2D eigenvalue weighted by Gasteiger charge is -1.92. The molecule has 1 aromatic heterocycles. The number of H-pyrrole nitrogens is 1. The molecule has 1 aromatic carbocycles. The van der Waals surface area contributed by atoms with E-state index in [-0.39, 0.29) is 0 Å². The van der Waals surface area contributed by atoms with Gasteiger partial charge in [-0.1, -0.05) is 36.4 Å². The Balaban J connectivity index is 2.22. The second-order valence-corrected chi connectivity index (χ2v) is 3.57. The number of carbonyl (C=O) groups excluding carboxylic acids is 1. The molecule has 0 unspecified atom stereocenters. The van der Waals surface area contributed by atoms with Crippen LogP contribution >= 0.6 is 0 Å². The summed E-state index contributed by atoms with van der Waals surface area (Å²) in [6.07, 6.45) is 4.63. The molecule has 0 fully saturated rings. The van der Waals surface area contributed by atoms with E-state index in [0.29, 0.717) is 11.4 Å². The number of aromatic amines is 1. The van der Waals surface area contributed by atoms with Gasteiger partial charge in [-0.15, -0.1) is 0 Å². The molecule has 0 saturated heterocycles. The number of carbonyl (C=O) groups is 1. The Morgan fingerprint density at radius 3 is 2.53 bits per heavy atom. The van der Waals surface area contributed by atoms with E-state index in [1.807, 2.05) is 42.5 Å². The standard InChI is InChI=1S/C14H13NO2/c1-17-14-9-12(15-13(14)10-16)8-7-11-5-3-2-4-6-11/h2-10,15H,1H3/b8-7+. The number of ether oxygens (including phenoxy) is 1. The van der Waals surface area contributed by atoms with Gasteiger partial charge in [-0.25, -0.2) is 0 Å². The van der Waals surface area contributed by atoms with Crippen LogP contribution in [0.1, 0.15) is 21.7 Å². The predicted molar refractivity (Wildman–Crippen MR) is 68.1 cm³/mol. The first-order valence-corrected chi connectivity index (χ1v) is 5.29. The van der Waals surface area contributed by atoms with Crippen LogP contribution in [0.15, 0.2) is 36.4 Å². The van der Waals surface area contributed by atoms with E-state index in [0.717, 1.165) is 17.5 Å². The van der Waals surface area contributed by atoms with E-state index in [9.17, 15) is 4.79 Å². The predicted octanol–water partition coefficient (Wildman–Crippen LogP) is 3.01. The number of aldehydes is 1. The van der Waals surface area contributed by atoms with Gasteiger partial charge in [-0.2, -0.15) is 0 Å². The Bertz CT molecular complexity index is 526. The topological polar surface area (TPSA) is 42.1 Å². The summed E-state index contributed by atoms with van der Waals surface area (Å²) in [6, 6.07) is 11.7. The molecular weight excluding hydrogens is 214 g/mol. The van der Waals surface area contributed by atoms with E-state index >= 15 is 0 Å². The summed E-state index contributed by atoms with van der Waals surface area (Å²) < 4.78 is 5.07. The lowest BCUT2D eigenvalue weighted by atomic mass is 10.2. The van der Waals surface area contributed by atoms with Crippen LogP contribution in [0.25, 0.3) is 12.2 Å². The summed E-state index contributed by atoms with van der Waals surface area (Å²) in [7, 11) is 1.54. The monoisotopic (exact) mass is 227 g/mol. The number of hydrogen-bond acceptors (Lipinski definition) is 2. The highest BCUT2D eigenvalue weighted by molar-refractivity contribution is 5.79. The fourth-order valence-corrected chi connectivity index (χ4v) is 1.57. The molecule has 2 rings (SSSR count). The number of methoxy groups -OCH3 is 1. The average molecular weight is 227 g/mol. The second kappa shape index (κ2) is 5.16. The molecule has 86 valence electrons. The van der Waals surface area contributed by atoms with E-state index in [2.05, 4.69) is 4.98 Å². The maximum atomic E-state index is 10.7. The van der Waals surface area contributed by atoms with Crippen molar-refractivity contribution in [1.29, 1.82) is 0 Å². The fraction of sp³-hybridized carbons (Fsp3) is 0.0714. The number of rotatable bonds is 4. The first-order valence-electron chi connectivity index (χ1n) is 5.29. The molecule has 0 aliphatic carbocycles. The zero-order valence-electron chi connectivity index (χ0n) is 9.51. The van der Waals surface area contributed by atoms with E-state index in [4.69, 9.17) is 4.74 Å². The Kier molecular flexibility index (Phi) is 3.40. The smallest absolute Gasteiger partial charge is 0.170 e. The zero-order chi connectivity index (χ0) is 12.1. The van der Waals surface area contributed by atoms with Gasteiger partial charge in [-0.05, 0) is 11.6 Å². The number of nitrogens with one attached hydrogen (secondary N) is 1. The zero-order valence-corrected chi connectivity index (χ0v) is 9.51. The van der Waals surface area contributed by atoms with Crippen molar-refractivity contribution in [3.8, 4) is 5.75 Å². The van der Waals surface area contributed by atoms with Gasteiger partial charge in [0.1, 0.15) is 11.4 Å². The summed E-state index contributed by atoms with van der Waals surface area (Å²) in [5, 5.41) is 0. The van der Waals surface area contributed by atoms with Gasteiger partial charge in [0.15, 0.2) is 6.29 Å². The van der Waals surface area contributed by atoms with Crippen molar-refractivity contribution in [1.82, 2.24) is 4.98 Å². The summed E-state index contributed by atoms with van der Waals surface area (Å²) in [5.41, 5.74) is 2.40. The minimum Gasteiger partial charge on any atom is -0.494 e. The number of benzene rings is 1. The molecule has 0 radical (unpaired) electrons. The average Bonchev–Trinajstić information content (AvgIpc) is 2.80. The van der Waals surface area contributed by atoms with Crippen LogP contribution in [0.4, 0.5) is 0 Å². The van der Waals surface area contributed by atoms with Crippen LogP contribution in [0.2, 0.25) is 0 Å². The first kappa shape index (κ1) is 11.2. The fourth-order valence-electron chi connectivity index (χ4n) is 1.57. The minimum absolute atomic E-state index is 0.459. The van der Waals surface area contributed by atoms with E-state index in [1.165, 1.54) is 0 Å². The number of aromatic nitrogens is 1. The van der Waals surface area contributed by atoms with Crippen LogP contribution in [-0.4, -0.2) is 18.4 Å². The Hall–Kier alpha value is -2.29. The molecule has 3 heteroatoms. The van der Waals surface area contributed by atoms with Crippen molar-refractivity contribution in [2.75, 3.05) is 7.11 Å². The molecule has 2 aromatic rings. The molecule has 0 amide bonds. The quantitative estimate of drug-likeness (QED) is 0.816. The SMILES string of the molecule is COc1cc(/C=C/c2ccccc2)[nH]c1C=O. The van der Waals surface area contributed by atoms with Gasteiger partial charge < -0.3 is 9.72 Å². The van der Waals surface area contributed by atoms with Gasteiger partial charge in [0.25, 0.3) is 0 Å². The minimum atomic E-state index is 0.459. The normalized spacial score (nSPS) is 10.6. The lowest BCUT2D eigenvalue weighted by Crippen LogP contribution is -1.85. The third-order valence-corrected chi connectivity index (χ3v) is 2.42. The first-order chi connectivity index (χ1) is 8.33. The van der Waals surface area contributed by atoms with Gasteiger partial charge in [0.2, 0.25) is 0 Å². The maximum absolute atomic E-state index is 10.7. The van der Waals surface area contributed by atoms with Crippen molar-refractivity contribution in [2.24, 2.45) is 0 Å². The molecule has 1 heterocycles.